The van der Waals surface area contributed by atoms with Crippen molar-refractivity contribution >= 4 is 46.6 Å². The van der Waals surface area contributed by atoms with Gasteiger partial charge in [0.15, 0.2) is 5.96 Å². The van der Waals surface area contributed by atoms with Gasteiger partial charge >= 0.3 is 0 Å². The van der Waals surface area contributed by atoms with Crippen molar-refractivity contribution in [3.05, 3.63) is 35.9 Å². The molecule has 2 aliphatic rings. The van der Waals surface area contributed by atoms with Crippen LogP contribution in [-0.4, -0.2) is 84.1 Å². The number of amides is 1. The second kappa shape index (κ2) is 12.5. The SMILES string of the molecule is CN=C(NCCS(=O)Cc1ccccc1)N1CCN(C(=O)C2CCCO2)CC1.I. The Hall–Kier alpha value is -1.20. The maximum absolute atomic E-state index is 12.4. The summed E-state index contributed by atoms with van der Waals surface area (Å²) in [5.41, 5.74) is 1.09. The number of nitrogens with one attached hydrogen (secondary N) is 1. The molecule has 1 aromatic rings. The summed E-state index contributed by atoms with van der Waals surface area (Å²) in [4.78, 5) is 20.8. The molecule has 0 aliphatic carbocycles. The van der Waals surface area contributed by atoms with Crippen LogP contribution in [0.2, 0.25) is 0 Å². The fourth-order valence-corrected chi connectivity index (χ4v) is 4.59. The van der Waals surface area contributed by atoms with Crippen LogP contribution in [0.1, 0.15) is 18.4 Å². The van der Waals surface area contributed by atoms with Crippen LogP contribution in [-0.2, 0) is 26.1 Å². The van der Waals surface area contributed by atoms with Gasteiger partial charge in [-0.25, -0.2) is 0 Å². The zero-order valence-electron chi connectivity index (χ0n) is 16.9. The molecule has 2 atom stereocenters. The van der Waals surface area contributed by atoms with Gasteiger partial charge in [0.05, 0.1) is 0 Å². The lowest BCUT2D eigenvalue weighted by molar-refractivity contribution is -0.142. The highest BCUT2D eigenvalue weighted by Gasteiger charge is 2.30. The third kappa shape index (κ3) is 7.21. The van der Waals surface area contributed by atoms with Crippen molar-refractivity contribution in [3.8, 4) is 0 Å². The average molecular weight is 534 g/mol. The smallest absolute Gasteiger partial charge is 0.251 e. The zero-order valence-corrected chi connectivity index (χ0v) is 20.1. The molecule has 2 saturated heterocycles. The maximum atomic E-state index is 12.4. The molecule has 1 amide bonds. The van der Waals surface area contributed by atoms with E-state index in [2.05, 4.69) is 15.2 Å². The van der Waals surface area contributed by atoms with E-state index in [9.17, 15) is 9.00 Å². The van der Waals surface area contributed by atoms with Gasteiger partial charge in [-0.3, -0.25) is 14.0 Å². The van der Waals surface area contributed by atoms with Gasteiger partial charge in [0.1, 0.15) is 6.10 Å². The number of aliphatic imine (C=N–C) groups is 1. The Kier molecular flexibility index (Phi) is 10.4. The van der Waals surface area contributed by atoms with Crippen LogP contribution in [0.25, 0.3) is 0 Å². The molecule has 0 bridgehead atoms. The van der Waals surface area contributed by atoms with E-state index in [1.807, 2.05) is 35.2 Å². The molecule has 7 nitrogen and oxygen atoms in total. The van der Waals surface area contributed by atoms with E-state index in [-0.39, 0.29) is 36.0 Å². The number of benzene rings is 1. The summed E-state index contributed by atoms with van der Waals surface area (Å²) in [6.07, 6.45) is 1.56. The van der Waals surface area contributed by atoms with Gasteiger partial charge in [0, 0.05) is 68.7 Å². The predicted octanol–water partition coefficient (Wildman–Crippen LogP) is 1.45. The molecule has 1 aromatic carbocycles. The van der Waals surface area contributed by atoms with E-state index in [4.69, 9.17) is 4.74 Å². The van der Waals surface area contributed by atoms with Gasteiger partial charge in [-0.05, 0) is 18.4 Å². The second-order valence-corrected chi connectivity index (χ2v) is 8.64. The number of rotatable bonds is 6. The molecule has 2 unspecified atom stereocenters. The number of halogens is 1. The molecule has 2 heterocycles. The van der Waals surface area contributed by atoms with Crippen molar-refractivity contribution in [1.82, 2.24) is 15.1 Å². The number of carbonyl (C=O) groups excluding carboxylic acids is 1. The van der Waals surface area contributed by atoms with Crippen LogP contribution in [0.3, 0.4) is 0 Å². The quantitative estimate of drug-likeness (QED) is 0.340. The third-order valence-electron chi connectivity index (χ3n) is 5.09. The van der Waals surface area contributed by atoms with Crippen LogP contribution in [0, 0.1) is 0 Å². The van der Waals surface area contributed by atoms with Crippen molar-refractivity contribution in [2.45, 2.75) is 24.7 Å². The fourth-order valence-electron chi connectivity index (χ4n) is 3.56. The monoisotopic (exact) mass is 534 g/mol. The molecule has 0 aromatic heterocycles. The molecule has 2 fully saturated rings. The molecular formula is C20H31IN4O3S. The normalized spacial score (nSPS) is 20.9. The molecule has 1 N–H and O–H groups in total. The summed E-state index contributed by atoms with van der Waals surface area (Å²) in [6, 6.07) is 9.90. The van der Waals surface area contributed by atoms with Crippen LogP contribution in [0.15, 0.2) is 35.3 Å². The minimum atomic E-state index is -0.911. The van der Waals surface area contributed by atoms with Crippen LogP contribution in [0.4, 0.5) is 0 Å². The lowest BCUT2D eigenvalue weighted by Gasteiger charge is -2.37. The molecule has 3 rings (SSSR count). The summed E-state index contributed by atoms with van der Waals surface area (Å²) in [7, 11) is 0.846. The number of hydrogen-bond acceptors (Lipinski definition) is 4. The minimum Gasteiger partial charge on any atom is -0.368 e. The van der Waals surface area contributed by atoms with Gasteiger partial charge in [-0.15, -0.1) is 24.0 Å². The third-order valence-corrected chi connectivity index (χ3v) is 6.41. The first-order chi connectivity index (χ1) is 13.7. The highest BCUT2D eigenvalue weighted by atomic mass is 127. The van der Waals surface area contributed by atoms with Crippen molar-refractivity contribution in [2.75, 3.05) is 52.1 Å². The molecule has 9 heteroatoms. The molecule has 29 heavy (non-hydrogen) atoms. The average Bonchev–Trinajstić information content (AvgIpc) is 3.26. The van der Waals surface area contributed by atoms with E-state index in [1.165, 1.54) is 0 Å². The van der Waals surface area contributed by atoms with Gasteiger partial charge in [-0.1, -0.05) is 30.3 Å². The lowest BCUT2D eigenvalue weighted by atomic mass is 10.2. The summed E-state index contributed by atoms with van der Waals surface area (Å²) in [5, 5.41) is 3.31. The van der Waals surface area contributed by atoms with Crippen LogP contribution in [0.5, 0.6) is 0 Å². The maximum Gasteiger partial charge on any atom is 0.251 e. The largest absolute Gasteiger partial charge is 0.368 e. The molecule has 0 saturated carbocycles. The first-order valence-electron chi connectivity index (χ1n) is 9.92. The Morgan fingerprint density at radius 1 is 1.21 bits per heavy atom. The van der Waals surface area contributed by atoms with E-state index in [0.717, 1.165) is 37.5 Å². The standard InChI is InChI=1S/C20H30N4O3S.HI/c1-21-20(22-9-15-28(26)16-17-6-3-2-4-7-17)24-12-10-23(11-13-24)19(25)18-8-5-14-27-18;/h2-4,6-7,18H,5,8-16H2,1H3,(H,21,22);1H. The summed E-state index contributed by atoms with van der Waals surface area (Å²) in [6.45, 7) is 4.15. The summed E-state index contributed by atoms with van der Waals surface area (Å²) < 4.78 is 17.8. The second-order valence-electron chi connectivity index (χ2n) is 7.06. The number of ether oxygens (including phenoxy) is 1. The Labute approximate surface area is 192 Å². The summed E-state index contributed by atoms with van der Waals surface area (Å²) in [5.74, 6) is 2.08. The van der Waals surface area contributed by atoms with Crippen LogP contribution < -0.4 is 5.32 Å². The van der Waals surface area contributed by atoms with Crippen molar-refractivity contribution in [2.24, 2.45) is 4.99 Å². The van der Waals surface area contributed by atoms with Gasteiger partial charge in [0.2, 0.25) is 0 Å². The first kappa shape index (κ1) is 24.1. The molecule has 0 spiro atoms. The topological polar surface area (TPSA) is 74.2 Å². The van der Waals surface area contributed by atoms with Gasteiger partial charge in [-0.2, -0.15) is 0 Å². The van der Waals surface area contributed by atoms with Crippen LogP contribution >= 0.6 is 24.0 Å². The molecule has 0 radical (unpaired) electrons. The van der Waals surface area contributed by atoms with E-state index >= 15 is 0 Å². The van der Waals surface area contributed by atoms with E-state index < -0.39 is 10.8 Å². The van der Waals surface area contributed by atoms with E-state index in [0.29, 0.717) is 37.7 Å². The Morgan fingerprint density at radius 3 is 2.52 bits per heavy atom. The first-order valence-corrected chi connectivity index (χ1v) is 11.4. The number of piperazine rings is 1. The Morgan fingerprint density at radius 2 is 1.90 bits per heavy atom. The highest BCUT2D eigenvalue weighted by molar-refractivity contribution is 14.0. The molecule has 2 aliphatic heterocycles. The van der Waals surface area contributed by atoms with Crippen molar-refractivity contribution in [3.63, 3.8) is 0 Å². The summed E-state index contributed by atoms with van der Waals surface area (Å²) >= 11 is 0. The number of carbonyl (C=O) groups is 1. The van der Waals surface area contributed by atoms with E-state index in [1.54, 1.807) is 7.05 Å². The Balaban J connectivity index is 0.00000300. The predicted molar refractivity (Wildman–Crippen MR) is 127 cm³/mol. The molecule has 162 valence electrons. The number of nitrogens with zero attached hydrogens (tertiary/aromatic N) is 3. The molecular weight excluding hydrogens is 503 g/mol. The fraction of sp³-hybridized carbons (Fsp3) is 0.600. The van der Waals surface area contributed by atoms with Crippen molar-refractivity contribution in [1.29, 1.82) is 0 Å². The lowest BCUT2D eigenvalue weighted by Crippen LogP contribution is -2.55. The number of guanidine groups is 1. The zero-order chi connectivity index (χ0) is 19.8. The van der Waals surface area contributed by atoms with Gasteiger partial charge in [0.25, 0.3) is 5.91 Å². The highest BCUT2D eigenvalue weighted by Crippen LogP contribution is 2.16. The number of hydrogen-bond donors (Lipinski definition) is 1. The van der Waals surface area contributed by atoms with Gasteiger partial charge < -0.3 is 19.9 Å². The minimum absolute atomic E-state index is 0. The van der Waals surface area contributed by atoms with Crippen molar-refractivity contribution < 1.29 is 13.7 Å². The Bertz CT molecular complexity index is 690.